The van der Waals surface area contributed by atoms with Crippen LogP contribution >= 0.6 is 15.9 Å². The Labute approximate surface area is 160 Å². The van der Waals surface area contributed by atoms with Crippen LogP contribution < -0.4 is 10.6 Å². The normalized spacial score (nSPS) is 41.8. The molecular formula is C20H33BrN2O2. The van der Waals surface area contributed by atoms with Crippen molar-refractivity contribution in [3.8, 4) is 0 Å². The highest BCUT2D eigenvalue weighted by Gasteiger charge is 2.76. The zero-order valence-corrected chi connectivity index (χ0v) is 18.3. The lowest BCUT2D eigenvalue weighted by atomic mass is 9.64. The molecule has 2 N–H and O–H groups in total. The Morgan fingerprint density at radius 3 is 2.00 bits per heavy atom. The van der Waals surface area contributed by atoms with Crippen molar-refractivity contribution >= 4 is 27.6 Å². The molecule has 4 nitrogen and oxygen atoms in total. The lowest BCUT2D eigenvalue weighted by Gasteiger charge is -2.48. The highest BCUT2D eigenvalue weighted by molar-refractivity contribution is 9.10. The molecular weight excluding hydrogens is 380 g/mol. The molecule has 25 heavy (non-hydrogen) atoms. The number of amides is 1. The summed E-state index contributed by atoms with van der Waals surface area (Å²) in [5.74, 6) is 0.261. The second-order valence-electron chi connectivity index (χ2n) is 10.6. The maximum atomic E-state index is 13.5. The van der Waals surface area contributed by atoms with E-state index in [1.165, 1.54) is 0 Å². The maximum absolute atomic E-state index is 13.5. The molecule has 3 aliphatic rings. The summed E-state index contributed by atoms with van der Waals surface area (Å²) in [6.07, 6.45) is 3.38. The molecule has 2 saturated carbocycles. The third-order valence-electron chi connectivity index (χ3n) is 7.65. The third-order valence-corrected chi connectivity index (χ3v) is 8.85. The minimum atomic E-state index is -0.641. The summed E-state index contributed by atoms with van der Waals surface area (Å²) in [6.45, 7) is 15.0. The summed E-state index contributed by atoms with van der Waals surface area (Å²) in [6, 6.07) is 0.131. The number of alkyl halides is 1. The van der Waals surface area contributed by atoms with Crippen LogP contribution in [-0.4, -0.2) is 33.6 Å². The Morgan fingerprint density at radius 1 is 1.04 bits per heavy atom. The fraction of sp³-hybridized carbons (Fsp3) is 0.900. The molecule has 0 aromatic carbocycles. The zero-order chi connectivity index (χ0) is 19.1. The number of piperidine rings is 1. The molecule has 1 saturated heterocycles. The fourth-order valence-electron chi connectivity index (χ4n) is 6.19. The lowest BCUT2D eigenvalue weighted by molar-refractivity contribution is -0.137. The van der Waals surface area contributed by atoms with Crippen molar-refractivity contribution in [2.75, 3.05) is 0 Å². The summed E-state index contributed by atoms with van der Waals surface area (Å²) >= 11 is 3.62. The molecule has 5 heteroatoms. The van der Waals surface area contributed by atoms with E-state index in [2.05, 4.69) is 68.1 Å². The fourth-order valence-corrected chi connectivity index (χ4v) is 7.71. The second kappa shape index (κ2) is 5.31. The van der Waals surface area contributed by atoms with Gasteiger partial charge in [-0.2, -0.15) is 0 Å². The van der Waals surface area contributed by atoms with Crippen LogP contribution in [-0.2, 0) is 9.59 Å². The van der Waals surface area contributed by atoms with E-state index in [1.807, 2.05) is 6.92 Å². The van der Waals surface area contributed by atoms with Crippen LogP contribution in [0.1, 0.15) is 74.1 Å². The van der Waals surface area contributed by atoms with E-state index >= 15 is 0 Å². The van der Waals surface area contributed by atoms with Crippen LogP contribution in [0.4, 0.5) is 0 Å². The average Bonchev–Trinajstić information content (AvgIpc) is 2.67. The number of halogens is 1. The number of hydrogen-bond donors (Lipinski definition) is 2. The van der Waals surface area contributed by atoms with Gasteiger partial charge in [0, 0.05) is 22.5 Å². The molecule has 0 radical (unpaired) electrons. The van der Waals surface area contributed by atoms with Crippen LogP contribution in [0.5, 0.6) is 0 Å². The van der Waals surface area contributed by atoms with E-state index in [0.717, 1.165) is 25.7 Å². The van der Waals surface area contributed by atoms with Crippen LogP contribution in [0, 0.1) is 16.2 Å². The summed E-state index contributed by atoms with van der Waals surface area (Å²) < 4.78 is 0. The van der Waals surface area contributed by atoms with E-state index in [1.54, 1.807) is 0 Å². The first-order chi connectivity index (χ1) is 11.2. The smallest absolute Gasteiger partial charge is 0.228 e. The lowest BCUT2D eigenvalue weighted by Crippen LogP contribution is -2.63. The number of nitrogens with one attached hydrogen (secondary N) is 2. The van der Waals surface area contributed by atoms with Gasteiger partial charge >= 0.3 is 0 Å². The molecule has 1 heterocycles. The van der Waals surface area contributed by atoms with E-state index in [9.17, 15) is 9.59 Å². The quantitative estimate of drug-likeness (QED) is 0.681. The van der Waals surface area contributed by atoms with Crippen LogP contribution in [0.15, 0.2) is 0 Å². The molecule has 3 fully saturated rings. The van der Waals surface area contributed by atoms with Crippen molar-refractivity contribution in [1.82, 2.24) is 10.6 Å². The molecule has 0 aromatic rings. The van der Waals surface area contributed by atoms with Gasteiger partial charge in [-0.05, 0) is 58.8 Å². The molecule has 1 amide bonds. The molecule has 3 rings (SSSR count). The van der Waals surface area contributed by atoms with Crippen LogP contribution in [0.3, 0.4) is 0 Å². The third kappa shape index (κ3) is 2.48. The standard InChI is InChI=1S/C20H33BrN2O2/c1-16(2)10-12(11-17(3,4)23-16)22-15(25)20-9-8-19(7,18(20,5)6)14(24)13(20)21/h12-13,23H,8-11H2,1-7H3,(H,22,25). The maximum Gasteiger partial charge on any atom is 0.228 e. The number of Topliss-reactive ketones (excluding diaryl/α,β-unsaturated/α-hetero) is 1. The SMILES string of the molecule is CC1(C)CC(NC(=O)C23CCC(C)(C(=O)C2Br)C3(C)C)CC(C)(C)N1. The van der Waals surface area contributed by atoms with E-state index in [4.69, 9.17) is 0 Å². The molecule has 0 aromatic heterocycles. The van der Waals surface area contributed by atoms with Gasteiger partial charge in [0.05, 0.1) is 10.2 Å². The minimum Gasteiger partial charge on any atom is -0.353 e. The van der Waals surface area contributed by atoms with Gasteiger partial charge in [0.2, 0.25) is 5.91 Å². The molecule has 2 bridgehead atoms. The highest BCUT2D eigenvalue weighted by atomic mass is 79.9. The van der Waals surface area contributed by atoms with Crippen molar-refractivity contribution in [1.29, 1.82) is 0 Å². The number of ketones is 1. The molecule has 3 atom stereocenters. The summed E-state index contributed by atoms with van der Waals surface area (Å²) in [5.41, 5.74) is -1.43. The summed E-state index contributed by atoms with van der Waals surface area (Å²) in [5, 5.41) is 7.01. The Hall–Kier alpha value is -0.420. The van der Waals surface area contributed by atoms with Gasteiger partial charge in [0.15, 0.2) is 5.78 Å². The van der Waals surface area contributed by atoms with Gasteiger partial charge in [-0.25, -0.2) is 0 Å². The largest absolute Gasteiger partial charge is 0.353 e. The number of carbonyl (C=O) groups excluding carboxylic acids is 2. The van der Waals surface area contributed by atoms with Crippen molar-refractivity contribution in [2.24, 2.45) is 16.2 Å². The number of carbonyl (C=O) groups is 2. The van der Waals surface area contributed by atoms with Crippen LogP contribution in [0.2, 0.25) is 0 Å². The van der Waals surface area contributed by atoms with Crippen molar-refractivity contribution in [3.05, 3.63) is 0 Å². The molecule has 142 valence electrons. The number of fused-ring (bicyclic) bond motifs is 2. The Kier molecular flexibility index (Phi) is 4.11. The Morgan fingerprint density at radius 2 is 1.56 bits per heavy atom. The van der Waals surface area contributed by atoms with Gasteiger partial charge in [0.1, 0.15) is 0 Å². The predicted octanol–water partition coefficient (Wildman–Crippen LogP) is 3.57. The molecule has 3 unspecified atom stereocenters. The summed E-state index contributed by atoms with van der Waals surface area (Å²) in [7, 11) is 0. The monoisotopic (exact) mass is 412 g/mol. The predicted molar refractivity (Wildman–Crippen MR) is 104 cm³/mol. The van der Waals surface area contributed by atoms with Gasteiger partial charge in [-0.15, -0.1) is 0 Å². The van der Waals surface area contributed by atoms with E-state index in [-0.39, 0.29) is 39.1 Å². The minimum absolute atomic E-state index is 0.0175. The second-order valence-corrected chi connectivity index (χ2v) is 11.5. The van der Waals surface area contributed by atoms with Gasteiger partial charge < -0.3 is 10.6 Å². The average molecular weight is 413 g/mol. The topological polar surface area (TPSA) is 58.2 Å². The first-order valence-electron chi connectivity index (χ1n) is 9.47. The summed E-state index contributed by atoms with van der Waals surface area (Å²) in [4.78, 5) is 26.0. The molecule has 1 aliphatic heterocycles. The van der Waals surface area contributed by atoms with Gasteiger partial charge in [0.25, 0.3) is 0 Å². The Balaban J connectivity index is 1.88. The zero-order valence-electron chi connectivity index (χ0n) is 16.7. The highest BCUT2D eigenvalue weighted by Crippen LogP contribution is 2.72. The first-order valence-corrected chi connectivity index (χ1v) is 10.4. The van der Waals surface area contributed by atoms with Gasteiger partial charge in [-0.1, -0.05) is 36.7 Å². The molecule has 2 aliphatic carbocycles. The Bertz CT molecular complexity index is 611. The van der Waals surface area contributed by atoms with Crippen molar-refractivity contribution < 1.29 is 9.59 Å². The molecule has 0 spiro atoms. The van der Waals surface area contributed by atoms with E-state index < -0.39 is 10.8 Å². The van der Waals surface area contributed by atoms with Crippen molar-refractivity contribution in [3.63, 3.8) is 0 Å². The number of rotatable bonds is 2. The van der Waals surface area contributed by atoms with E-state index in [0.29, 0.717) is 0 Å². The first kappa shape index (κ1) is 19.3. The number of hydrogen-bond acceptors (Lipinski definition) is 3. The van der Waals surface area contributed by atoms with Crippen LogP contribution in [0.25, 0.3) is 0 Å². The van der Waals surface area contributed by atoms with Crippen molar-refractivity contribution in [2.45, 2.75) is 96.1 Å². The van der Waals surface area contributed by atoms with Gasteiger partial charge in [-0.3, -0.25) is 9.59 Å².